The molecule has 0 bridgehead atoms. The normalized spacial score (nSPS) is 11.9. The molecular weight excluding hydrogens is 268 g/mol. The van der Waals surface area contributed by atoms with Crippen LogP contribution in [0, 0.1) is 10.1 Å². The zero-order chi connectivity index (χ0) is 14.4. The molecule has 0 saturated carbocycles. The average Bonchev–Trinajstić information content (AvgIpc) is 2.35. The molecule has 1 atom stereocenters. The smallest absolute Gasteiger partial charge is 0.342 e. The van der Waals surface area contributed by atoms with Crippen LogP contribution in [0.4, 0.5) is 11.4 Å². The highest BCUT2D eigenvalue weighted by atomic mass is 32.2. The van der Waals surface area contributed by atoms with E-state index in [9.17, 15) is 14.9 Å². The average molecular weight is 284 g/mol. The Balaban J connectivity index is 3.03. The van der Waals surface area contributed by atoms with Gasteiger partial charge >= 0.3 is 11.7 Å². The van der Waals surface area contributed by atoms with E-state index in [0.717, 1.165) is 12.2 Å². The summed E-state index contributed by atoms with van der Waals surface area (Å²) < 4.78 is 0. The predicted molar refractivity (Wildman–Crippen MR) is 76.1 cm³/mol. The molecule has 19 heavy (non-hydrogen) atoms. The fourth-order valence-electron chi connectivity index (χ4n) is 1.66. The quantitative estimate of drug-likeness (QED) is 0.591. The molecule has 6 nitrogen and oxygen atoms in total. The van der Waals surface area contributed by atoms with Crippen LogP contribution in [0.1, 0.15) is 23.7 Å². The maximum atomic E-state index is 11.0. The van der Waals surface area contributed by atoms with Gasteiger partial charge < -0.3 is 10.4 Å². The first-order valence-electron chi connectivity index (χ1n) is 5.73. The van der Waals surface area contributed by atoms with Gasteiger partial charge in [-0.25, -0.2) is 4.79 Å². The minimum atomic E-state index is -1.30. The summed E-state index contributed by atoms with van der Waals surface area (Å²) in [7, 11) is 0. The van der Waals surface area contributed by atoms with E-state index < -0.39 is 10.9 Å². The van der Waals surface area contributed by atoms with Crippen molar-refractivity contribution in [3.63, 3.8) is 0 Å². The molecule has 1 rings (SSSR count). The Morgan fingerprint density at radius 1 is 1.58 bits per heavy atom. The van der Waals surface area contributed by atoms with Crippen molar-refractivity contribution in [1.29, 1.82) is 0 Å². The second-order valence-corrected chi connectivity index (χ2v) is 5.08. The van der Waals surface area contributed by atoms with Gasteiger partial charge in [-0.2, -0.15) is 11.8 Å². The van der Waals surface area contributed by atoms with Gasteiger partial charge in [0.1, 0.15) is 11.3 Å². The summed E-state index contributed by atoms with van der Waals surface area (Å²) in [5.41, 5.74) is -0.434. The van der Waals surface area contributed by atoms with Crippen molar-refractivity contribution in [3.05, 3.63) is 33.9 Å². The number of para-hydroxylation sites is 1. The van der Waals surface area contributed by atoms with Crippen molar-refractivity contribution in [1.82, 2.24) is 0 Å². The highest BCUT2D eigenvalue weighted by molar-refractivity contribution is 7.98. The summed E-state index contributed by atoms with van der Waals surface area (Å²) in [6, 6.07) is 4.30. The van der Waals surface area contributed by atoms with Gasteiger partial charge in [0, 0.05) is 6.04 Å². The number of hydrogen-bond donors (Lipinski definition) is 2. The van der Waals surface area contributed by atoms with Crippen LogP contribution in [-0.2, 0) is 0 Å². The topological polar surface area (TPSA) is 92.5 Å². The minimum absolute atomic E-state index is 0.0372. The lowest BCUT2D eigenvalue weighted by Crippen LogP contribution is -2.17. The molecule has 0 aliphatic carbocycles. The predicted octanol–water partition coefficient (Wildman–Crippen LogP) is 2.85. The molecule has 1 unspecified atom stereocenters. The Hall–Kier alpha value is -1.76. The SMILES string of the molecule is CSCCC(C)Nc1cccc(C(=O)O)c1[N+](=O)[O-]. The Labute approximate surface area is 115 Å². The van der Waals surface area contributed by atoms with Gasteiger partial charge in [0.2, 0.25) is 0 Å². The fourth-order valence-corrected chi connectivity index (χ4v) is 2.25. The van der Waals surface area contributed by atoms with Crippen LogP contribution in [0.5, 0.6) is 0 Å². The number of aromatic carboxylic acids is 1. The third-order valence-electron chi connectivity index (χ3n) is 2.61. The van der Waals surface area contributed by atoms with Gasteiger partial charge in [0.25, 0.3) is 0 Å². The summed E-state index contributed by atoms with van der Waals surface area (Å²) >= 11 is 1.69. The lowest BCUT2D eigenvalue weighted by atomic mass is 10.1. The molecule has 1 aromatic carbocycles. The van der Waals surface area contributed by atoms with Crippen LogP contribution in [0.25, 0.3) is 0 Å². The number of carbonyl (C=O) groups is 1. The molecular formula is C12H16N2O4S. The third-order valence-corrected chi connectivity index (χ3v) is 3.25. The third kappa shape index (κ3) is 4.13. The number of rotatable bonds is 7. The standard InChI is InChI=1S/C12H16N2O4S/c1-8(6-7-19-2)13-10-5-3-4-9(12(15)16)11(10)14(17)18/h3-5,8,13H,6-7H2,1-2H3,(H,15,16). The number of nitro benzene ring substituents is 1. The van der Waals surface area contributed by atoms with E-state index in [4.69, 9.17) is 5.11 Å². The number of nitrogens with zero attached hydrogens (tertiary/aromatic N) is 1. The summed E-state index contributed by atoms with van der Waals surface area (Å²) in [6.07, 6.45) is 2.83. The van der Waals surface area contributed by atoms with E-state index in [-0.39, 0.29) is 23.0 Å². The van der Waals surface area contributed by atoms with Crippen molar-refractivity contribution in [2.75, 3.05) is 17.3 Å². The highest BCUT2D eigenvalue weighted by Gasteiger charge is 2.24. The molecule has 0 aromatic heterocycles. The van der Waals surface area contributed by atoms with E-state index in [1.54, 1.807) is 11.8 Å². The van der Waals surface area contributed by atoms with E-state index in [1.165, 1.54) is 18.2 Å². The van der Waals surface area contributed by atoms with Gasteiger partial charge in [0.05, 0.1) is 4.92 Å². The van der Waals surface area contributed by atoms with Crippen molar-refractivity contribution in [2.24, 2.45) is 0 Å². The Morgan fingerprint density at radius 3 is 2.79 bits per heavy atom. The summed E-state index contributed by atoms with van der Waals surface area (Å²) in [5, 5.41) is 23.0. The van der Waals surface area contributed by atoms with Crippen LogP contribution in [0.2, 0.25) is 0 Å². The number of carboxylic acid groups (broad SMARTS) is 1. The summed E-state index contributed by atoms with van der Waals surface area (Å²) in [5.74, 6) is -0.368. The fraction of sp³-hybridized carbons (Fsp3) is 0.417. The van der Waals surface area contributed by atoms with E-state index in [1.807, 2.05) is 13.2 Å². The Kier molecular flexibility index (Phi) is 5.62. The molecule has 0 aliphatic heterocycles. The van der Waals surface area contributed by atoms with Gasteiger partial charge in [-0.05, 0) is 37.5 Å². The van der Waals surface area contributed by atoms with Crippen LogP contribution < -0.4 is 5.32 Å². The lowest BCUT2D eigenvalue weighted by Gasteiger charge is -2.15. The van der Waals surface area contributed by atoms with Crippen molar-refractivity contribution >= 4 is 29.1 Å². The Bertz CT molecular complexity index is 479. The molecule has 7 heteroatoms. The first-order chi connectivity index (χ1) is 8.97. The molecule has 0 amide bonds. The van der Waals surface area contributed by atoms with Gasteiger partial charge in [-0.1, -0.05) is 6.07 Å². The molecule has 0 heterocycles. The second-order valence-electron chi connectivity index (χ2n) is 4.09. The monoisotopic (exact) mass is 284 g/mol. The number of hydrogen-bond acceptors (Lipinski definition) is 5. The molecule has 0 fully saturated rings. The molecule has 104 valence electrons. The van der Waals surface area contributed by atoms with Crippen molar-refractivity contribution in [2.45, 2.75) is 19.4 Å². The van der Waals surface area contributed by atoms with E-state index >= 15 is 0 Å². The zero-order valence-electron chi connectivity index (χ0n) is 10.8. The largest absolute Gasteiger partial charge is 0.477 e. The number of carboxylic acids is 1. The van der Waals surface area contributed by atoms with E-state index in [0.29, 0.717) is 0 Å². The Morgan fingerprint density at radius 2 is 2.26 bits per heavy atom. The molecule has 0 saturated heterocycles. The maximum absolute atomic E-state index is 11.0. The van der Waals surface area contributed by atoms with Crippen LogP contribution >= 0.6 is 11.8 Å². The summed E-state index contributed by atoms with van der Waals surface area (Å²) in [4.78, 5) is 21.4. The molecule has 0 spiro atoms. The van der Waals surface area contributed by atoms with Crippen LogP contribution in [0.3, 0.4) is 0 Å². The number of nitrogens with one attached hydrogen (secondary N) is 1. The van der Waals surface area contributed by atoms with E-state index in [2.05, 4.69) is 5.32 Å². The maximum Gasteiger partial charge on any atom is 0.342 e. The number of nitro groups is 1. The van der Waals surface area contributed by atoms with Crippen molar-refractivity contribution in [3.8, 4) is 0 Å². The first-order valence-corrected chi connectivity index (χ1v) is 7.13. The van der Waals surface area contributed by atoms with Crippen LogP contribution in [0.15, 0.2) is 18.2 Å². The highest BCUT2D eigenvalue weighted by Crippen LogP contribution is 2.29. The second kappa shape index (κ2) is 6.98. The molecule has 2 N–H and O–H groups in total. The van der Waals surface area contributed by atoms with Gasteiger partial charge in [0.15, 0.2) is 0 Å². The first kappa shape index (κ1) is 15.3. The number of thioether (sulfide) groups is 1. The van der Waals surface area contributed by atoms with Gasteiger partial charge in [-0.15, -0.1) is 0 Å². The molecule has 1 aromatic rings. The van der Waals surface area contributed by atoms with Crippen LogP contribution in [-0.4, -0.2) is 34.0 Å². The lowest BCUT2D eigenvalue weighted by molar-refractivity contribution is -0.384. The molecule has 0 radical (unpaired) electrons. The summed E-state index contributed by atoms with van der Waals surface area (Å²) in [6.45, 7) is 1.91. The number of benzene rings is 1. The van der Waals surface area contributed by atoms with Gasteiger partial charge in [-0.3, -0.25) is 10.1 Å². The zero-order valence-corrected chi connectivity index (χ0v) is 11.6. The minimum Gasteiger partial charge on any atom is -0.477 e. The van der Waals surface area contributed by atoms with Crippen molar-refractivity contribution < 1.29 is 14.8 Å². The number of anilines is 1. The molecule has 0 aliphatic rings.